The van der Waals surface area contributed by atoms with Gasteiger partial charge in [-0.2, -0.15) is 0 Å². The Morgan fingerprint density at radius 1 is 1.41 bits per heavy atom. The summed E-state index contributed by atoms with van der Waals surface area (Å²) in [5, 5.41) is 5.53. The van der Waals surface area contributed by atoms with Gasteiger partial charge in [0.1, 0.15) is 0 Å². The molecule has 1 rings (SSSR count). The van der Waals surface area contributed by atoms with Crippen LogP contribution in [0.25, 0.3) is 0 Å². The largest absolute Gasteiger partial charge is 0.377 e. The summed E-state index contributed by atoms with van der Waals surface area (Å²) in [6, 6.07) is 4.24. The van der Waals surface area contributed by atoms with Gasteiger partial charge in [-0.25, -0.2) is 0 Å². The van der Waals surface area contributed by atoms with Crippen molar-refractivity contribution in [2.24, 2.45) is 5.41 Å². The van der Waals surface area contributed by atoms with Crippen LogP contribution in [0.3, 0.4) is 0 Å². The van der Waals surface area contributed by atoms with Gasteiger partial charge in [0.2, 0.25) is 0 Å². The predicted molar refractivity (Wildman–Crippen MR) is 75.5 cm³/mol. The molecule has 1 aromatic rings. The number of rotatable bonds is 7. The normalized spacial score (nSPS) is 13.9. The Labute approximate surface area is 109 Å². The summed E-state index contributed by atoms with van der Waals surface area (Å²) < 4.78 is 5.78. The smallest absolute Gasteiger partial charge is 0.0671 e. The van der Waals surface area contributed by atoms with Crippen LogP contribution in [0.2, 0.25) is 0 Å². The van der Waals surface area contributed by atoms with Crippen molar-refractivity contribution in [3.63, 3.8) is 0 Å². The molecule has 1 heterocycles. The average Bonchev–Trinajstić information content (AvgIpc) is 2.68. The van der Waals surface area contributed by atoms with Crippen molar-refractivity contribution in [1.29, 1.82) is 0 Å². The highest BCUT2D eigenvalue weighted by Crippen LogP contribution is 2.18. The first kappa shape index (κ1) is 14.7. The van der Waals surface area contributed by atoms with Gasteiger partial charge < -0.3 is 10.1 Å². The second-order valence-corrected chi connectivity index (χ2v) is 6.73. The molecule has 0 spiro atoms. The molecule has 3 heteroatoms. The number of nitrogens with one attached hydrogen (secondary N) is 1. The van der Waals surface area contributed by atoms with E-state index in [0.717, 1.165) is 26.1 Å². The highest BCUT2D eigenvalue weighted by Gasteiger charge is 2.10. The average molecular weight is 255 g/mol. The van der Waals surface area contributed by atoms with Gasteiger partial charge in [-0.05, 0) is 30.2 Å². The van der Waals surface area contributed by atoms with E-state index in [4.69, 9.17) is 4.74 Å². The van der Waals surface area contributed by atoms with E-state index in [1.807, 2.05) is 0 Å². The Hall–Kier alpha value is -0.380. The van der Waals surface area contributed by atoms with Gasteiger partial charge in [-0.15, -0.1) is 11.3 Å². The third kappa shape index (κ3) is 7.53. The van der Waals surface area contributed by atoms with E-state index in [1.54, 1.807) is 11.3 Å². The van der Waals surface area contributed by atoms with Gasteiger partial charge in [-0.3, -0.25) is 0 Å². The molecule has 0 radical (unpaired) electrons. The number of thiophene rings is 1. The Kier molecular flexibility index (Phi) is 6.17. The van der Waals surface area contributed by atoms with Crippen molar-refractivity contribution >= 4 is 11.3 Å². The summed E-state index contributed by atoms with van der Waals surface area (Å²) in [6.45, 7) is 11.6. The van der Waals surface area contributed by atoms with Crippen LogP contribution in [0.5, 0.6) is 0 Å². The van der Waals surface area contributed by atoms with Crippen LogP contribution in [0.1, 0.15) is 39.0 Å². The lowest BCUT2D eigenvalue weighted by molar-refractivity contribution is 0.0491. The standard InChI is InChI=1S/C14H25NOS/c1-12(16-8-7-14(2,3)4)10-15-11-13-6-5-9-17-13/h5-6,9,12,15H,7-8,10-11H2,1-4H3. The molecule has 1 N–H and O–H groups in total. The molecule has 0 bridgehead atoms. The van der Waals surface area contributed by atoms with E-state index in [1.165, 1.54) is 4.88 Å². The van der Waals surface area contributed by atoms with E-state index in [9.17, 15) is 0 Å². The molecule has 0 aliphatic rings. The van der Waals surface area contributed by atoms with Crippen molar-refractivity contribution in [3.05, 3.63) is 22.4 Å². The van der Waals surface area contributed by atoms with Crippen molar-refractivity contribution in [1.82, 2.24) is 5.32 Å². The summed E-state index contributed by atoms with van der Waals surface area (Å²) >= 11 is 1.79. The molecule has 2 nitrogen and oxygen atoms in total. The zero-order valence-electron chi connectivity index (χ0n) is 11.5. The highest BCUT2D eigenvalue weighted by atomic mass is 32.1. The molecule has 1 unspecified atom stereocenters. The molecule has 1 aromatic heterocycles. The van der Waals surface area contributed by atoms with Crippen molar-refractivity contribution < 1.29 is 4.74 Å². The minimum Gasteiger partial charge on any atom is -0.377 e. The maximum absolute atomic E-state index is 5.78. The number of hydrogen-bond donors (Lipinski definition) is 1. The zero-order chi connectivity index (χ0) is 12.7. The Morgan fingerprint density at radius 2 is 2.18 bits per heavy atom. The molecule has 0 aliphatic heterocycles. The van der Waals surface area contributed by atoms with Crippen molar-refractivity contribution in [2.75, 3.05) is 13.2 Å². The number of ether oxygens (including phenoxy) is 1. The lowest BCUT2D eigenvalue weighted by Crippen LogP contribution is -2.27. The summed E-state index contributed by atoms with van der Waals surface area (Å²) in [5.41, 5.74) is 0.365. The molecule has 17 heavy (non-hydrogen) atoms. The number of hydrogen-bond acceptors (Lipinski definition) is 3. The lowest BCUT2D eigenvalue weighted by atomic mass is 9.93. The predicted octanol–water partition coefficient (Wildman–Crippen LogP) is 3.68. The highest BCUT2D eigenvalue weighted by molar-refractivity contribution is 7.09. The second kappa shape index (κ2) is 7.14. The summed E-state index contributed by atoms with van der Waals surface area (Å²) in [4.78, 5) is 1.38. The first-order valence-corrected chi connectivity index (χ1v) is 7.20. The maximum Gasteiger partial charge on any atom is 0.0671 e. The molecular weight excluding hydrogens is 230 g/mol. The topological polar surface area (TPSA) is 21.3 Å². The Balaban J connectivity index is 2.03. The van der Waals surface area contributed by atoms with Crippen molar-refractivity contribution in [3.8, 4) is 0 Å². The van der Waals surface area contributed by atoms with Gasteiger partial charge >= 0.3 is 0 Å². The zero-order valence-corrected chi connectivity index (χ0v) is 12.3. The Morgan fingerprint density at radius 3 is 2.76 bits per heavy atom. The van der Waals surface area contributed by atoms with E-state index in [2.05, 4.69) is 50.5 Å². The van der Waals surface area contributed by atoms with E-state index in [-0.39, 0.29) is 6.10 Å². The molecule has 98 valence electrons. The van der Waals surface area contributed by atoms with Gasteiger partial charge in [0.15, 0.2) is 0 Å². The fourth-order valence-electron chi connectivity index (χ4n) is 1.44. The van der Waals surface area contributed by atoms with Gasteiger partial charge in [0.25, 0.3) is 0 Å². The molecule has 0 aromatic carbocycles. The van der Waals surface area contributed by atoms with Crippen LogP contribution < -0.4 is 5.32 Å². The molecule has 0 saturated carbocycles. The fraction of sp³-hybridized carbons (Fsp3) is 0.714. The molecule has 0 fully saturated rings. The minimum atomic E-state index is 0.289. The quantitative estimate of drug-likeness (QED) is 0.802. The van der Waals surface area contributed by atoms with Crippen LogP contribution in [0.15, 0.2) is 17.5 Å². The molecule has 1 atom stereocenters. The molecule has 0 amide bonds. The molecular formula is C14H25NOS. The van der Waals surface area contributed by atoms with Crippen LogP contribution in [-0.2, 0) is 11.3 Å². The fourth-order valence-corrected chi connectivity index (χ4v) is 2.11. The summed E-state index contributed by atoms with van der Waals surface area (Å²) in [7, 11) is 0. The van der Waals surface area contributed by atoms with E-state index < -0.39 is 0 Å². The van der Waals surface area contributed by atoms with Gasteiger partial charge in [-0.1, -0.05) is 26.8 Å². The molecule has 0 saturated heterocycles. The third-order valence-corrected chi connectivity index (χ3v) is 3.44. The minimum absolute atomic E-state index is 0.289. The lowest BCUT2D eigenvalue weighted by Gasteiger charge is -2.20. The van der Waals surface area contributed by atoms with Gasteiger partial charge in [0.05, 0.1) is 6.10 Å². The van der Waals surface area contributed by atoms with Crippen LogP contribution in [0, 0.1) is 5.41 Å². The van der Waals surface area contributed by atoms with Crippen LogP contribution in [-0.4, -0.2) is 19.3 Å². The summed E-state index contributed by atoms with van der Waals surface area (Å²) in [6.07, 6.45) is 1.40. The third-order valence-electron chi connectivity index (χ3n) is 2.57. The van der Waals surface area contributed by atoms with E-state index >= 15 is 0 Å². The first-order valence-electron chi connectivity index (χ1n) is 6.32. The first-order chi connectivity index (χ1) is 7.97. The monoisotopic (exact) mass is 255 g/mol. The van der Waals surface area contributed by atoms with Crippen molar-refractivity contribution in [2.45, 2.75) is 46.8 Å². The van der Waals surface area contributed by atoms with Gasteiger partial charge in [0, 0.05) is 24.6 Å². The van der Waals surface area contributed by atoms with E-state index in [0.29, 0.717) is 5.41 Å². The second-order valence-electron chi connectivity index (χ2n) is 5.70. The van der Waals surface area contributed by atoms with Crippen LogP contribution >= 0.6 is 11.3 Å². The van der Waals surface area contributed by atoms with Crippen LogP contribution in [0.4, 0.5) is 0 Å². The maximum atomic E-state index is 5.78. The molecule has 0 aliphatic carbocycles. The SMILES string of the molecule is CC(CNCc1cccs1)OCCC(C)(C)C. The Bertz CT molecular complexity index is 290. The summed E-state index contributed by atoms with van der Waals surface area (Å²) in [5.74, 6) is 0.